The van der Waals surface area contributed by atoms with Gasteiger partial charge in [-0.2, -0.15) is 0 Å². The molecule has 2 saturated heterocycles. The van der Waals surface area contributed by atoms with Crippen LogP contribution in [0.25, 0.3) is 0 Å². The zero-order valence-electron chi connectivity index (χ0n) is 10.7. The molecule has 19 heavy (non-hydrogen) atoms. The quantitative estimate of drug-likeness (QED) is 0.606. The number of hydrogen-bond acceptors (Lipinski definition) is 4. The van der Waals surface area contributed by atoms with Gasteiger partial charge in [-0.3, -0.25) is 14.4 Å². The van der Waals surface area contributed by atoms with Crippen molar-refractivity contribution in [3.05, 3.63) is 0 Å². The highest BCUT2D eigenvalue weighted by Crippen LogP contribution is 2.15. The first-order valence-electron chi connectivity index (χ1n) is 6.63. The van der Waals surface area contributed by atoms with Gasteiger partial charge in [0.1, 0.15) is 6.04 Å². The molecule has 0 aromatic heterocycles. The lowest BCUT2D eigenvalue weighted by molar-refractivity contribution is -0.149. The van der Waals surface area contributed by atoms with E-state index in [1.165, 1.54) is 4.90 Å². The summed E-state index contributed by atoms with van der Waals surface area (Å²) in [7, 11) is 0. The molecule has 106 valence electrons. The predicted octanol–water partition coefficient (Wildman–Crippen LogP) is -1.07. The van der Waals surface area contributed by atoms with Gasteiger partial charge in [0.2, 0.25) is 11.8 Å². The third kappa shape index (κ3) is 3.23. The fourth-order valence-electron chi connectivity index (χ4n) is 2.61. The molecule has 2 atom stereocenters. The van der Waals surface area contributed by atoms with E-state index < -0.39 is 12.0 Å². The number of carboxylic acids is 1. The summed E-state index contributed by atoms with van der Waals surface area (Å²) in [4.78, 5) is 36.4. The van der Waals surface area contributed by atoms with Gasteiger partial charge in [0.15, 0.2) is 0 Å². The molecule has 2 aliphatic rings. The molecule has 0 bridgehead atoms. The minimum atomic E-state index is -1.07. The smallest absolute Gasteiger partial charge is 0.305 e. The van der Waals surface area contributed by atoms with Crippen molar-refractivity contribution in [2.45, 2.75) is 37.8 Å². The van der Waals surface area contributed by atoms with Gasteiger partial charge in [-0.05, 0) is 19.4 Å². The second-order valence-electron chi connectivity index (χ2n) is 4.94. The van der Waals surface area contributed by atoms with E-state index in [4.69, 9.17) is 5.11 Å². The van der Waals surface area contributed by atoms with Crippen LogP contribution in [-0.2, 0) is 14.4 Å². The van der Waals surface area contributed by atoms with Crippen LogP contribution in [0.2, 0.25) is 0 Å². The normalized spacial score (nSPS) is 27.8. The maximum absolute atomic E-state index is 12.4. The van der Waals surface area contributed by atoms with Gasteiger partial charge in [0.25, 0.3) is 0 Å². The van der Waals surface area contributed by atoms with Crippen molar-refractivity contribution in [2.24, 2.45) is 0 Å². The summed E-state index contributed by atoms with van der Waals surface area (Å²) >= 11 is 0. The van der Waals surface area contributed by atoms with Gasteiger partial charge in [0.05, 0.1) is 12.5 Å². The molecule has 0 radical (unpaired) electrons. The number of carbonyl (C=O) groups is 3. The van der Waals surface area contributed by atoms with Crippen molar-refractivity contribution in [2.75, 3.05) is 19.6 Å². The zero-order chi connectivity index (χ0) is 13.8. The Bertz CT molecular complexity index is 379. The standard InChI is InChI=1S/C12H19N3O4/c16-10(17)7-9-11(18)14-5-6-15(9)12(19)8-3-1-2-4-13-8/h8-9,13H,1-7H2,(H,14,18)(H,16,17). The number of hydrogen-bond donors (Lipinski definition) is 3. The fraction of sp³-hybridized carbons (Fsp3) is 0.750. The van der Waals surface area contributed by atoms with Crippen molar-refractivity contribution in [1.82, 2.24) is 15.5 Å². The van der Waals surface area contributed by atoms with Gasteiger partial charge in [-0.15, -0.1) is 0 Å². The highest BCUT2D eigenvalue weighted by molar-refractivity contribution is 5.93. The van der Waals surface area contributed by atoms with Crippen LogP contribution in [0, 0.1) is 0 Å². The monoisotopic (exact) mass is 269 g/mol. The Morgan fingerprint density at radius 2 is 2.11 bits per heavy atom. The fourth-order valence-corrected chi connectivity index (χ4v) is 2.61. The summed E-state index contributed by atoms with van der Waals surface area (Å²) in [5, 5.41) is 14.6. The summed E-state index contributed by atoms with van der Waals surface area (Å²) < 4.78 is 0. The van der Waals surface area contributed by atoms with Crippen LogP contribution < -0.4 is 10.6 Å². The number of carbonyl (C=O) groups excluding carboxylic acids is 2. The van der Waals surface area contributed by atoms with E-state index in [2.05, 4.69) is 10.6 Å². The third-order valence-electron chi connectivity index (χ3n) is 3.59. The van der Waals surface area contributed by atoms with Crippen LogP contribution in [0.5, 0.6) is 0 Å². The Labute approximate surface area is 111 Å². The van der Waals surface area contributed by atoms with E-state index in [-0.39, 0.29) is 24.3 Å². The Morgan fingerprint density at radius 1 is 1.32 bits per heavy atom. The first-order valence-corrected chi connectivity index (χ1v) is 6.63. The van der Waals surface area contributed by atoms with E-state index in [1.807, 2.05) is 0 Å². The average molecular weight is 269 g/mol. The Morgan fingerprint density at radius 3 is 2.74 bits per heavy atom. The molecule has 2 amide bonds. The number of carboxylic acid groups (broad SMARTS) is 1. The lowest BCUT2D eigenvalue weighted by Gasteiger charge is -2.37. The van der Waals surface area contributed by atoms with Gasteiger partial charge >= 0.3 is 5.97 Å². The molecular weight excluding hydrogens is 250 g/mol. The summed E-state index contributed by atoms with van der Waals surface area (Å²) in [5.41, 5.74) is 0. The van der Waals surface area contributed by atoms with Gasteiger partial charge in [0, 0.05) is 13.1 Å². The number of piperazine rings is 1. The minimum absolute atomic E-state index is 0.152. The maximum atomic E-state index is 12.4. The molecule has 0 saturated carbocycles. The molecule has 2 aliphatic heterocycles. The molecule has 0 spiro atoms. The lowest BCUT2D eigenvalue weighted by atomic mass is 10.0. The maximum Gasteiger partial charge on any atom is 0.305 e. The van der Waals surface area contributed by atoms with Gasteiger partial charge in [-0.1, -0.05) is 6.42 Å². The molecule has 7 nitrogen and oxygen atoms in total. The van der Waals surface area contributed by atoms with Crippen LogP contribution in [0.1, 0.15) is 25.7 Å². The molecule has 2 rings (SSSR count). The lowest BCUT2D eigenvalue weighted by Crippen LogP contribution is -2.61. The molecule has 0 aromatic carbocycles. The number of nitrogens with one attached hydrogen (secondary N) is 2. The van der Waals surface area contributed by atoms with Crippen LogP contribution in [0.15, 0.2) is 0 Å². The number of piperidine rings is 1. The number of rotatable bonds is 3. The summed E-state index contributed by atoms with van der Waals surface area (Å²) in [6.45, 7) is 1.55. The van der Waals surface area contributed by atoms with E-state index in [9.17, 15) is 14.4 Å². The second-order valence-corrected chi connectivity index (χ2v) is 4.94. The SMILES string of the molecule is O=C(O)CC1C(=O)NCCN1C(=O)C1CCCCN1. The van der Waals surface area contributed by atoms with Crippen molar-refractivity contribution in [1.29, 1.82) is 0 Å². The van der Waals surface area contributed by atoms with Crippen molar-refractivity contribution in [3.8, 4) is 0 Å². The Balaban J connectivity index is 2.07. The highest BCUT2D eigenvalue weighted by Gasteiger charge is 2.37. The topological polar surface area (TPSA) is 98.7 Å². The van der Waals surface area contributed by atoms with Crippen LogP contribution in [0.4, 0.5) is 0 Å². The number of amides is 2. The molecule has 2 fully saturated rings. The third-order valence-corrected chi connectivity index (χ3v) is 3.59. The van der Waals surface area contributed by atoms with Crippen molar-refractivity contribution >= 4 is 17.8 Å². The molecule has 0 aromatic rings. The summed E-state index contributed by atoms with van der Waals surface area (Å²) in [5.74, 6) is -1.60. The second kappa shape index (κ2) is 6.01. The Hall–Kier alpha value is -1.63. The van der Waals surface area contributed by atoms with Crippen molar-refractivity contribution < 1.29 is 19.5 Å². The zero-order valence-corrected chi connectivity index (χ0v) is 10.7. The Kier molecular flexibility index (Phi) is 4.36. The summed E-state index contributed by atoms with van der Waals surface area (Å²) in [6, 6.07) is -1.17. The molecule has 7 heteroatoms. The molecule has 3 N–H and O–H groups in total. The van der Waals surface area contributed by atoms with E-state index in [0.717, 1.165) is 25.8 Å². The molecule has 2 unspecified atom stereocenters. The van der Waals surface area contributed by atoms with E-state index in [1.54, 1.807) is 0 Å². The average Bonchev–Trinajstić information content (AvgIpc) is 2.41. The first kappa shape index (κ1) is 13.8. The van der Waals surface area contributed by atoms with Crippen LogP contribution in [0.3, 0.4) is 0 Å². The van der Waals surface area contributed by atoms with Gasteiger partial charge < -0.3 is 20.6 Å². The molecule has 2 heterocycles. The summed E-state index contributed by atoms with van der Waals surface area (Å²) in [6.07, 6.45) is 2.43. The van der Waals surface area contributed by atoms with Crippen molar-refractivity contribution in [3.63, 3.8) is 0 Å². The molecular formula is C12H19N3O4. The van der Waals surface area contributed by atoms with E-state index >= 15 is 0 Å². The highest BCUT2D eigenvalue weighted by atomic mass is 16.4. The largest absolute Gasteiger partial charge is 0.481 e. The van der Waals surface area contributed by atoms with Gasteiger partial charge in [-0.25, -0.2) is 0 Å². The van der Waals surface area contributed by atoms with Crippen LogP contribution in [-0.4, -0.2) is 59.5 Å². The van der Waals surface area contributed by atoms with Crippen LogP contribution >= 0.6 is 0 Å². The minimum Gasteiger partial charge on any atom is -0.481 e. The first-order chi connectivity index (χ1) is 9.09. The molecule has 0 aliphatic carbocycles. The number of aliphatic carboxylic acids is 1. The predicted molar refractivity (Wildman–Crippen MR) is 66.4 cm³/mol. The van der Waals surface area contributed by atoms with E-state index in [0.29, 0.717) is 13.1 Å². The number of nitrogens with zero attached hydrogens (tertiary/aromatic N) is 1.